The Bertz CT molecular complexity index is 843. The topological polar surface area (TPSA) is 75.0 Å². The number of carbonyl (C=O) groups excluding carboxylic acids is 1. The van der Waals surface area contributed by atoms with E-state index in [1.165, 1.54) is 6.07 Å². The molecule has 2 aromatic rings. The standard InChI is InChI=1S/C19H18ClN3O2.ClH/c1-12-6-14(9-15(10-21)23-12)18(24)8-13-2-3-16(17(20)7-13)19-11-22-4-5-25-19;/h2-3,6-7,9,19,22H,4-5,8,11H2,1H3;1H/t19-;/m1./s1. The first-order valence-corrected chi connectivity index (χ1v) is 8.47. The van der Waals surface area contributed by atoms with Gasteiger partial charge < -0.3 is 10.1 Å². The van der Waals surface area contributed by atoms with Crippen molar-refractivity contribution in [2.24, 2.45) is 0 Å². The summed E-state index contributed by atoms with van der Waals surface area (Å²) in [6, 6.07) is 10.8. The number of nitrogens with one attached hydrogen (secondary N) is 1. The third-order valence-corrected chi connectivity index (χ3v) is 4.42. The number of Topliss-reactive ketones (excluding diaryl/α,β-unsaturated/α-hetero) is 1. The summed E-state index contributed by atoms with van der Waals surface area (Å²) in [4.78, 5) is 16.6. The minimum Gasteiger partial charge on any atom is -0.371 e. The second-order valence-corrected chi connectivity index (χ2v) is 6.42. The van der Waals surface area contributed by atoms with Gasteiger partial charge in [-0.3, -0.25) is 4.79 Å². The Hall–Kier alpha value is -1.97. The monoisotopic (exact) mass is 391 g/mol. The maximum Gasteiger partial charge on any atom is 0.167 e. The van der Waals surface area contributed by atoms with Crippen LogP contribution >= 0.6 is 24.0 Å². The second-order valence-electron chi connectivity index (χ2n) is 6.01. The van der Waals surface area contributed by atoms with Gasteiger partial charge in [-0.1, -0.05) is 23.7 Å². The number of pyridine rings is 1. The summed E-state index contributed by atoms with van der Waals surface area (Å²) >= 11 is 6.39. The summed E-state index contributed by atoms with van der Waals surface area (Å²) in [5.41, 5.74) is 3.15. The van der Waals surface area contributed by atoms with E-state index in [0.29, 0.717) is 22.9 Å². The third-order valence-electron chi connectivity index (χ3n) is 4.09. The summed E-state index contributed by atoms with van der Waals surface area (Å²) in [7, 11) is 0. The van der Waals surface area contributed by atoms with E-state index < -0.39 is 0 Å². The molecule has 0 aliphatic carbocycles. The number of aromatic nitrogens is 1. The molecule has 0 radical (unpaired) electrons. The lowest BCUT2D eigenvalue weighted by atomic mass is 10.00. The second kappa shape index (κ2) is 9.11. The molecule has 1 aliphatic heterocycles. The molecule has 1 N–H and O–H groups in total. The maximum absolute atomic E-state index is 12.5. The van der Waals surface area contributed by atoms with Crippen LogP contribution in [0.1, 0.15) is 39.0 Å². The van der Waals surface area contributed by atoms with Crippen LogP contribution in [0.3, 0.4) is 0 Å². The lowest BCUT2D eigenvalue weighted by Gasteiger charge is -2.24. The Morgan fingerprint density at radius 1 is 1.42 bits per heavy atom. The molecular weight excluding hydrogens is 373 g/mol. The predicted molar refractivity (Wildman–Crippen MR) is 102 cm³/mol. The van der Waals surface area contributed by atoms with Crippen molar-refractivity contribution >= 4 is 29.8 Å². The van der Waals surface area contributed by atoms with Crippen LogP contribution in [0, 0.1) is 18.3 Å². The number of nitrogens with zero attached hydrogens (tertiary/aromatic N) is 2. The lowest BCUT2D eigenvalue weighted by Crippen LogP contribution is -2.33. The molecule has 1 aliphatic rings. The number of hydrogen-bond acceptors (Lipinski definition) is 5. The first kappa shape index (κ1) is 20.3. The number of rotatable bonds is 4. The number of ketones is 1. The molecule has 136 valence electrons. The highest BCUT2D eigenvalue weighted by Crippen LogP contribution is 2.28. The predicted octanol–water partition coefficient (Wildman–Crippen LogP) is 3.42. The molecule has 26 heavy (non-hydrogen) atoms. The molecular formula is C19H19Cl2N3O2. The van der Waals surface area contributed by atoms with Crippen LogP contribution in [0.2, 0.25) is 5.02 Å². The van der Waals surface area contributed by atoms with Gasteiger partial charge in [-0.2, -0.15) is 5.26 Å². The fraction of sp³-hybridized carbons (Fsp3) is 0.316. The number of nitriles is 1. The van der Waals surface area contributed by atoms with E-state index in [9.17, 15) is 4.79 Å². The van der Waals surface area contributed by atoms with Gasteiger partial charge in [0.05, 0.1) is 12.7 Å². The highest BCUT2D eigenvalue weighted by molar-refractivity contribution is 6.31. The number of aryl methyl sites for hydroxylation is 1. The lowest BCUT2D eigenvalue weighted by molar-refractivity contribution is 0.0277. The Balaban J connectivity index is 0.00000243. The normalized spacial score (nSPS) is 16.4. The van der Waals surface area contributed by atoms with Gasteiger partial charge in [0.15, 0.2) is 5.78 Å². The van der Waals surface area contributed by atoms with Gasteiger partial charge in [0.1, 0.15) is 11.8 Å². The molecule has 5 nitrogen and oxygen atoms in total. The first-order chi connectivity index (χ1) is 12.1. The largest absolute Gasteiger partial charge is 0.371 e. The fourth-order valence-electron chi connectivity index (χ4n) is 2.88. The molecule has 1 atom stereocenters. The van der Waals surface area contributed by atoms with Crippen LogP contribution in [0.15, 0.2) is 30.3 Å². The summed E-state index contributed by atoms with van der Waals surface area (Å²) in [6.45, 7) is 3.99. The molecule has 1 saturated heterocycles. The van der Waals surface area contributed by atoms with Gasteiger partial charge in [-0.25, -0.2) is 4.98 Å². The van der Waals surface area contributed by atoms with Gasteiger partial charge in [-0.05, 0) is 30.7 Å². The van der Waals surface area contributed by atoms with Crippen LogP contribution in [-0.2, 0) is 11.2 Å². The summed E-state index contributed by atoms with van der Waals surface area (Å²) < 4.78 is 5.72. The van der Waals surface area contributed by atoms with Crippen LogP contribution in [0.25, 0.3) is 0 Å². The van der Waals surface area contributed by atoms with Crippen molar-refractivity contribution in [2.75, 3.05) is 19.7 Å². The van der Waals surface area contributed by atoms with E-state index in [1.54, 1.807) is 13.0 Å². The summed E-state index contributed by atoms with van der Waals surface area (Å²) in [5.74, 6) is -0.0681. The highest BCUT2D eigenvalue weighted by atomic mass is 35.5. The molecule has 0 bridgehead atoms. The zero-order chi connectivity index (χ0) is 17.8. The molecule has 3 rings (SSSR count). The van der Waals surface area contributed by atoms with Crippen molar-refractivity contribution in [2.45, 2.75) is 19.4 Å². The summed E-state index contributed by atoms with van der Waals surface area (Å²) in [6.07, 6.45) is 0.157. The zero-order valence-electron chi connectivity index (χ0n) is 14.3. The van der Waals surface area contributed by atoms with Crippen LogP contribution in [-0.4, -0.2) is 30.5 Å². The quantitative estimate of drug-likeness (QED) is 0.807. The molecule has 0 unspecified atom stereocenters. The Morgan fingerprint density at radius 3 is 2.88 bits per heavy atom. The number of ether oxygens (including phenoxy) is 1. The minimum absolute atomic E-state index is 0. The number of halogens is 2. The van der Waals surface area contributed by atoms with Gasteiger partial charge in [0.25, 0.3) is 0 Å². The average molecular weight is 392 g/mol. The number of carbonyl (C=O) groups is 1. The first-order valence-electron chi connectivity index (χ1n) is 8.09. The van der Waals surface area contributed by atoms with E-state index in [1.807, 2.05) is 24.3 Å². The van der Waals surface area contributed by atoms with Crippen LogP contribution < -0.4 is 5.32 Å². The third kappa shape index (κ3) is 4.80. The Labute approximate surface area is 163 Å². The van der Waals surface area contributed by atoms with Gasteiger partial charge in [0, 0.05) is 41.4 Å². The fourth-order valence-corrected chi connectivity index (χ4v) is 3.21. The maximum atomic E-state index is 12.5. The van der Waals surface area contributed by atoms with Crippen molar-refractivity contribution in [1.82, 2.24) is 10.3 Å². The van der Waals surface area contributed by atoms with Crippen LogP contribution in [0.4, 0.5) is 0 Å². The Morgan fingerprint density at radius 2 is 2.23 bits per heavy atom. The Kier molecular flexibility index (Phi) is 7.13. The van der Waals surface area contributed by atoms with Gasteiger partial charge in [-0.15, -0.1) is 12.4 Å². The van der Waals surface area contributed by atoms with Gasteiger partial charge >= 0.3 is 0 Å². The minimum atomic E-state index is -0.0681. The van der Waals surface area contributed by atoms with Crippen molar-refractivity contribution in [1.29, 1.82) is 5.26 Å². The molecule has 2 heterocycles. The highest BCUT2D eigenvalue weighted by Gasteiger charge is 2.19. The number of morpholine rings is 1. The number of hydrogen-bond donors (Lipinski definition) is 1. The van der Waals surface area contributed by atoms with E-state index in [4.69, 9.17) is 21.6 Å². The smallest absolute Gasteiger partial charge is 0.167 e. The molecule has 7 heteroatoms. The van der Waals surface area contributed by atoms with Crippen molar-refractivity contribution in [3.05, 3.63) is 63.4 Å². The van der Waals surface area contributed by atoms with Crippen molar-refractivity contribution < 1.29 is 9.53 Å². The van der Waals surface area contributed by atoms with E-state index in [2.05, 4.69) is 10.3 Å². The molecule has 1 aromatic carbocycles. The molecule has 1 fully saturated rings. The molecule has 0 spiro atoms. The SMILES string of the molecule is Cc1cc(C(=O)Cc2ccc([C@H]3CNCCO3)c(Cl)c2)cc(C#N)n1.Cl. The summed E-state index contributed by atoms with van der Waals surface area (Å²) in [5, 5.41) is 12.9. The van der Waals surface area contributed by atoms with Crippen molar-refractivity contribution in [3.8, 4) is 6.07 Å². The number of benzene rings is 1. The molecule has 0 saturated carbocycles. The van der Waals surface area contributed by atoms with Gasteiger partial charge in [0.2, 0.25) is 0 Å². The molecule has 0 amide bonds. The van der Waals surface area contributed by atoms with E-state index >= 15 is 0 Å². The van der Waals surface area contributed by atoms with Crippen LogP contribution in [0.5, 0.6) is 0 Å². The molecule has 1 aromatic heterocycles. The zero-order valence-corrected chi connectivity index (χ0v) is 15.9. The van der Waals surface area contributed by atoms with Crippen molar-refractivity contribution in [3.63, 3.8) is 0 Å². The van der Waals surface area contributed by atoms with E-state index in [0.717, 1.165) is 24.2 Å². The van der Waals surface area contributed by atoms with E-state index in [-0.39, 0.29) is 36.4 Å². The average Bonchev–Trinajstić information content (AvgIpc) is 2.62.